The van der Waals surface area contributed by atoms with Gasteiger partial charge in [-0.05, 0) is 61.3 Å². The van der Waals surface area contributed by atoms with E-state index in [0.29, 0.717) is 12.3 Å². The molecule has 1 fully saturated rings. The third-order valence-corrected chi connectivity index (χ3v) is 7.81. The number of Topliss-reactive ketones (excluding diaryl/α,β-unsaturated/α-hetero) is 1. The van der Waals surface area contributed by atoms with Crippen LogP contribution in [0.4, 0.5) is 0 Å². The summed E-state index contributed by atoms with van der Waals surface area (Å²) in [5.74, 6) is -0.824. The zero-order valence-corrected chi connectivity index (χ0v) is 22.0. The van der Waals surface area contributed by atoms with Gasteiger partial charge >= 0.3 is 5.97 Å². The molecule has 1 saturated carbocycles. The highest BCUT2D eigenvalue weighted by Gasteiger charge is 2.27. The normalized spacial score (nSPS) is 19.8. The number of benzene rings is 2. The first kappa shape index (κ1) is 27.1. The lowest BCUT2D eigenvalue weighted by atomic mass is 9.77. The van der Waals surface area contributed by atoms with Crippen molar-refractivity contribution in [3.63, 3.8) is 0 Å². The number of carbonyl (C=O) groups is 3. The van der Waals surface area contributed by atoms with Crippen molar-refractivity contribution in [3.05, 3.63) is 81.5 Å². The van der Waals surface area contributed by atoms with Crippen molar-refractivity contribution in [2.45, 2.75) is 57.4 Å². The van der Waals surface area contributed by atoms with E-state index in [2.05, 4.69) is 16.4 Å². The lowest BCUT2D eigenvalue weighted by Crippen LogP contribution is -2.42. The van der Waals surface area contributed by atoms with E-state index in [1.807, 2.05) is 18.3 Å². The number of allylic oxidation sites excluding steroid dienone is 1. The van der Waals surface area contributed by atoms with Crippen molar-refractivity contribution in [1.82, 2.24) is 5.32 Å². The van der Waals surface area contributed by atoms with Crippen LogP contribution in [-0.2, 0) is 22.4 Å². The zero-order chi connectivity index (χ0) is 26.4. The Kier molecular flexibility index (Phi) is 9.17. The SMILES string of the molecule is O=C(N[C@@H](Cc1ccc(CC(=O)C2CCC(CC3=NC=CC3)CC2)cc1)C(=O)O)c1c(Cl)cccc1Cl. The Morgan fingerprint density at radius 1 is 0.973 bits per heavy atom. The molecule has 2 N–H and O–H groups in total. The van der Waals surface area contributed by atoms with E-state index in [4.69, 9.17) is 23.2 Å². The minimum absolute atomic E-state index is 0.0456. The molecule has 1 atom stereocenters. The maximum Gasteiger partial charge on any atom is 0.326 e. The number of hydrogen-bond acceptors (Lipinski definition) is 4. The molecule has 0 aromatic heterocycles. The van der Waals surface area contributed by atoms with E-state index in [0.717, 1.165) is 49.7 Å². The number of aliphatic carboxylic acids is 1. The van der Waals surface area contributed by atoms with Gasteiger partial charge in [-0.25, -0.2) is 4.79 Å². The molecule has 8 heteroatoms. The van der Waals surface area contributed by atoms with Gasteiger partial charge in [-0.3, -0.25) is 14.6 Å². The Labute approximate surface area is 226 Å². The number of aliphatic imine (C=N–C) groups is 1. The minimum Gasteiger partial charge on any atom is -0.480 e. The number of carbonyl (C=O) groups excluding carboxylic acids is 2. The van der Waals surface area contributed by atoms with Crippen molar-refractivity contribution in [2.75, 3.05) is 0 Å². The van der Waals surface area contributed by atoms with Crippen molar-refractivity contribution < 1.29 is 19.5 Å². The van der Waals surface area contributed by atoms with Crippen LogP contribution in [0.5, 0.6) is 0 Å². The van der Waals surface area contributed by atoms with Gasteiger partial charge in [0, 0.05) is 37.1 Å². The lowest BCUT2D eigenvalue weighted by molar-refractivity contribution is -0.139. The molecule has 1 aliphatic carbocycles. The van der Waals surface area contributed by atoms with Crippen LogP contribution in [0.1, 0.15) is 60.0 Å². The second kappa shape index (κ2) is 12.5. The molecule has 1 aliphatic heterocycles. The first-order valence-electron chi connectivity index (χ1n) is 12.6. The van der Waals surface area contributed by atoms with Gasteiger partial charge < -0.3 is 10.4 Å². The van der Waals surface area contributed by atoms with Crippen LogP contribution in [0.15, 0.2) is 59.7 Å². The second-order valence-corrected chi connectivity index (χ2v) is 10.6. The molecule has 6 nitrogen and oxygen atoms in total. The molecule has 0 saturated heterocycles. The molecule has 2 aliphatic rings. The monoisotopic (exact) mass is 540 g/mol. The number of nitrogens with zero attached hydrogens (tertiary/aromatic N) is 1. The van der Waals surface area contributed by atoms with Gasteiger partial charge in [0.25, 0.3) is 5.91 Å². The highest BCUT2D eigenvalue weighted by Crippen LogP contribution is 2.33. The summed E-state index contributed by atoms with van der Waals surface area (Å²) in [5.41, 5.74) is 2.94. The topological polar surface area (TPSA) is 95.8 Å². The fourth-order valence-electron chi connectivity index (χ4n) is 5.08. The molecule has 0 radical (unpaired) electrons. The zero-order valence-electron chi connectivity index (χ0n) is 20.5. The fourth-order valence-corrected chi connectivity index (χ4v) is 5.65. The maximum atomic E-state index is 12.9. The average Bonchev–Trinajstić information content (AvgIpc) is 3.38. The summed E-state index contributed by atoms with van der Waals surface area (Å²) in [4.78, 5) is 41.8. The largest absolute Gasteiger partial charge is 0.480 e. The molecule has 0 bridgehead atoms. The van der Waals surface area contributed by atoms with Gasteiger partial charge in [0.05, 0.1) is 15.6 Å². The summed E-state index contributed by atoms with van der Waals surface area (Å²) in [6.07, 6.45) is 10.4. The number of halogens is 2. The number of hydrogen-bond donors (Lipinski definition) is 2. The quantitative estimate of drug-likeness (QED) is 0.381. The van der Waals surface area contributed by atoms with Crippen LogP contribution >= 0.6 is 23.2 Å². The predicted molar refractivity (Wildman–Crippen MR) is 145 cm³/mol. The summed E-state index contributed by atoms with van der Waals surface area (Å²) in [6.45, 7) is 0. The van der Waals surface area contributed by atoms with Crippen LogP contribution in [0.2, 0.25) is 10.0 Å². The molecule has 4 rings (SSSR count). The first-order valence-corrected chi connectivity index (χ1v) is 13.3. The maximum absolute atomic E-state index is 12.9. The van der Waals surface area contributed by atoms with Crippen LogP contribution in [0.25, 0.3) is 0 Å². The minimum atomic E-state index is -1.16. The third kappa shape index (κ3) is 7.30. The molecule has 0 unspecified atom stereocenters. The van der Waals surface area contributed by atoms with Gasteiger partial charge in [-0.15, -0.1) is 0 Å². The molecule has 0 spiro atoms. The van der Waals surface area contributed by atoms with Crippen molar-refractivity contribution in [1.29, 1.82) is 0 Å². The number of ketones is 1. The van der Waals surface area contributed by atoms with Gasteiger partial charge in [0.15, 0.2) is 0 Å². The Morgan fingerprint density at radius 3 is 2.22 bits per heavy atom. The van der Waals surface area contributed by atoms with E-state index in [9.17, 15) is 19.5 Å². The van der Waals surface area contributed by atoms with Gasteiger partial charge in [0.2, 0.25) is 0 Å². The highest BCUT2D eigenvalue weighted by molar-refractivity contribution is 6.39. The van der Waals surface area contributed by atoms with Gasteiger partial charge in [0.1, 0.15) is 11.8 Å². The predicted octanol–water partition coefficient (Wildman–Crippen LogP) is 6.09. The Morgan fingerprint density at radius 2 is 1.62 bits per heavy atom. The summed E-state index contributed by atoms with van der Waals surface area (Å²) in [5, 5.41) is 12.5. The fraction of sp³-hybridized carbons (Fsp3) is 0.379. The number of amides is 1. The lowest BCUT2D eigenvalue weighted by Gasteiger charge is -2.27. The molecular formula is C29H30Cl2N2O4. The van der Waals surface area contributed by atoms with Crippen molar-refractivity contribution in [3.8, 4) is 0 Å². The Balaban J connectivity index is 1.28. The van der Waals surface area contributed by atoms with Crippen molar-refractivity contribution in [2.24, 2.45) is 16.8 Å². The highest BCUT2D eigenvalue weighted by atomic mass is 35.5. The van der Waals surface area contributed by atoms with E-state index in [-0.39, 0.29) is 33.7 Å². The first-order chi connectivity index (χ1) is 17.8. The molecular weight excluding hydrogens is 511 g/mol. The van der Waals surface area contributed by atoms with E-state index < -0.39 is 17.9 Å². The molecule has 194 valence electrons. The van der Waals surface area contributed by atoms with Crippen molar-refractivity contribution >= 4 is 46.6 Å². The van der Waals surface area contributed by atoms with Crippen LogP contribution in [0, 0.1) is 11.8 Å². The Hall–Kier alpha value is -2.96. The summed E-state index contributed by atoms with van der Waals surface area (Å²) >= 11 is 12.2. The average molecular weight is 541 g/mol. The van der Waals surface area contributed by atoms with Gasteiger partial charge in [-0.1, -0.05) is 59.6 Å². The summed E-state index contributed by atoms with van der Waals surface area (Å²) in [7, 11) is 0. The smallest absolute Gasteiger partial charge is 0.326 e. The van der Waals surface area contributed by atoms with Crippen LogP contribution < -0.4 is 5.32 Å². The molecule has 37 heavy (non-hydrogen) atoms. The molecule has 2 aromatic rings. The van der Waals surface area contributed by atoms with E-state index >= 15 is 0 Å². The van der Waals surface area contributed by atoms with E-state index in [1.165, 1.54) is 17.8 Å². The molecule has 2 aromatic carbocycles. The van der Waals surface area contributed by atoms with E-state index in [1.54, 1.807) is 18.2 Å². The third-order valence-electron chi connectivity index (χ3n) is 7.18. The molecule has 1 amide bonds. The number of carboxylic acids is 1. The van der Waals surface area contributed by atoms with Crippen LogP contribution in [-0.4, -0.2) is 34.5 Å². The number of nitrogens with one attached hydrogen (secondary N) is 1. The second-order valence-electron chi connectivity index (χ2n) is 9.83. The Bertz CT molecular complexity index is 1190. The molecule has 1 heterocycles. The number of rotatable bonds is 10. The standard InChI is InChI=1S/C29H30Cl2N2O4/c30-23-4-1-5-24(31)27(23)28(35)33-25(29(36)37)16-19-6-8-20(9-7-19)17-26(34)21-12-10-18(11-13-21)15-22-3-2-14-32-22/h1-2,4-9,14,18,21,25H,3,10-13,15-17H2,(H,33,35)(H,36,37)/t18?,21?,25-/m0/s1. The van der Waals surface area contributed by atoms with Crippen LogP contribution in [0.3, 0.4) is 0 Å². The summed E-state index contributed by atoms with van der Waals surface area (Å²) < 4.78 is 0. The van der Waals surface area contributed by atoms with Gasteiger partial charge in [-0.2, -0.15) is 0 Å². The summed E-state index contributed by atoms with van der Waals surface area (Å²) in [6, 6.07) is 10.8. The number of carboxylic acid groups (broad SMARTS) is 1.